The lowest BCUT2D eigenvalue weighted by Crippen LogP contribution is -2.19. The molecule has 1 saturated heterocycles. The first-order chi connectivity index (χ1) is 10.6. The molecular weight excluding hydrogens is 284 g/mol. The van der Waals surface area contributed by atoms with Gasteiger partial charge < -0.3 is 15.2 Å². The molecule has 0 aromatic carbocycles. The standard InChI is InChI=1S/C15H18N4O3/c1-10-14(9-19(18-10)11-3-6-22-7-4-11)17-13-8-16-5-2-12(13)15(20)21/h2,5,8-9,11,17H,3-4,6-7H2,1H3,(H,20,21). The molecule has 116 valence electrons. The van der Waals surface area contributed by atoms with E-state index < -0.39 is 5.97 Å². The van der Waals surface area contributed by atoms with E-state index in [1.807, 2.05) is 17.8 Å². The number of hydrogen-bond acceptors (Lipinski definition) is 5. The Hall–Kier alpha value is -2.41. The van der Waals surface area contributed by atoms with Crippen molar-refractivity contribution in [3.63, 3.8) is 0 Å². The Kier molecular flexibility index (Phi) is 4.06. The molecule has 2 aromatic heterocycles. The van der Waals surface area contributed by atoms with Crippen molar-refractivity contribution in [3.8, 4) is 0 Å². The molecule has 7 heteroatoms. The van der Waals surface area contributed by atoms with Gasteiger partial charge in [0.05, 0.1) is 34.9 Å². The number of aryl methyl sites for hydroxylation is 1. The average molecular weight is 302 g/mol. The van der Waals surface area contributed by atoms with Crippen LogP contribution in [0.4, 0.5) is 11.4 Å². The van der Waals surface area contributed by atoms with Gasteiger partial charge in [0.25, 0.3) is 0 Å². The molecule has 0 atom stereocenters. The highest BCUT2D eigenvalue weighted by molar-refractivity contribution is 5.94. The summed E-state index contributed by atoms with van der Waals surface area (Å²) in [5, 5.41) is 16.9. The fourth-order valence-corrected chi connectivity index (χ4v) is 2.57. The maximum atomic E-state index is 11.2. The SMILES string of the molecule is Cc1nn(C2CCOCC2)cc1Nc1cnccc1C(=O)O. The Morgan fingerprint density at radius 1 is 1.41 bits per heavy atom. The molecule has 0 radical (unpaired) electrons. The summed E-state index contributed by atoms with van der Waals surface area (Å²) in [5.41, 5.74) is 2.27. The minimum Gasteiger partial charge on any atom is -0.478 e. The zero-order valence-corrected chi connectivity index (χ0v) is 12.3. The predicted octanol–water partition coefficient (Wildman–Crippen LogP) is 2.38. The summed E-state index contributed by atoms with van der Waals surface area (Å²) in [5.74, 6) is -0.987. The number of nitrogens with one attached hydrogen (secondary N) is 1. The maximum absolute atomic E-state index is 11.2. The monoisotopic (exact) mass is 302 g/mol. The van der Waals surface area contributed by atoms with Gasteiger partial charge in [0.2, 0.25) is 0 Å². The third-order valence-electron chi connectivity index (χ3n) is 3.80. The highest BCUT2D eigenvalue weighted by Gasteiger charge is 2.19. The molecule has 1 aliphatic heterocycles. The number of pyridine rings is 1. The van der Waals surface area contributed by atoms with Crippen LogP contribution in [0.25, 0.3) is 0 Å². The first-order valence-corrected chi connectivity index (χ1v) is 7.23. The Labute approximate surface area is 127 Å². The van der Waals surface area contributed by atoms with E-state index in [9.17, 15) is 9.90 Å². The lowest BCUT2D eigenvalue weighted by Gasteiger charge is -2.22. The first kappa shape index (κ1) is 14.5. The molecule has 7 nitrogen and oxygen atoms in total. The second-order valence-corrected chi connectivity index (χ2v) is 5.30. The van der Waals surface area contributed by atoms with E-state index in [0.29, 0.717) is 11.7 Å². The van der Waals surface area contributed by atoms with E-state index in [1.165, 1.54) is 18.5 Å². The second kappa shape index (κ2) is 6.15. The largest absolute Gasteiger partial charge is 0.478 e. The summed E-state index contributed by atoms with van der Waals surface area (Å²) >= 11 is 0. The quantitative estimate of drug-likeness (QED) is 0.901. The van der Waals surface area contributed by atoms with Gasteiger partial charge in [-0.15, -0.1) is 0 Å². The molecule has 2 N–H and O–H groups in total. The minimum absolute atomic E-state index is 0.188. The van der Waals surface area contributed by atoms with Crippen molar-refractivity contribution in [2.75, 3.05) is 18.5 Å². The zero-order valence-electron chi connectivity index (χ0n) is 12.3. The second-order valence-electron chi connectivity index (χ2n) is 5.30. The zero-order chi connectivity index (χ0) is 15.5. The van der Waals surface area contributed by atoms with Gasteiger partial charge in [-0.05, 0) is 25.8 Å². The molecule has 0 aliphatic carbocycles. The van der Waals surface area contributed by atoms with E-state index in [0.717, 1.165) is 37.4 Å². The van der Waals surface area contributed by atoms with E-state index in [2.05, 4.69) is 15.4 Å². The van der Waals surface area contributed by atoms with E-state index in [-0.39, 0.29) is 5.56 Å². The Morgan fingerprint density at radius 2 is 2.18 bits per heavy atom. The fraction of sp³-hybridized carbons (Fsp3) is 0.400. The molecule has 2 aromatic rings. The van der Waals surface area contributed by atoms with Gasteiger partial charge in [-0.3, -0.25) is 9.67 Å². The van der Waals surface area contributed by atoms with Crippen LogP contribution in [0.3, 0.4) is 0 Å². The van der Waals surface area contributed by atoms with Gasteiger partial charge in [-0.25, -0.2) is 4.79 Å². The number of rotatable bonds is 4. The van der Waals surface area contributed by atoms with Crippen LogP contribution >= 0.6 is 0 Å². The molecule has 1 aliphatic rings. The van der Waals surface area contributed by atoms with Crippen LogP contribution in [0.5, 0.6) is 0 Å². The number of carboxylic acid groups (broad SMARTS) is 1. The number of aromatic nitrogens is 3. The summed E-state index contributed by atoms with van der Waals surface area (Å²) in [6, 6.07) is 1.80. The summed E-state index contributed by atoms with van der Waals surface area (Å²) in [6.45, 7) is 3.39. The van der Waals surface area contributed by atoms with Gasteiger partial charge >= 0.3 is 5.97 Å². The molecular formula is C15H18N4O3. The highest BCUT2D eigenvalue weighted by Crippen LogP contribution is 2.26. The first-order valence-electron chi connectivity index (χ1n) is 7.23. The van der Waals surface area contributed by atoms with Crippen LogP contribution < -0.4 is 5.32 Å². The lowest BCUT2D eigenvalue weighted by molar-refractivity contribution is 0.0661. The molecule has 0 bridgehead atoms. The molecule has 1 fully saturated rings. The van der Waals surface area contributed by atoms with Crippen molar-refractivity contribution >= 4 is 17.3 Å². The summed E-state index contributed by atoms with van der Waals surface area (Å²) in [4.78, 5) is 15.2. The van der Waals surface area contributed by atoms with Gasteiger partial charge in [0.15, 0.2) is 0 Å². The van der Waals surface area contributed by atoms with Gasteiger partial charge in [0.1, 0.15) is 0 Å². The average Bonchev–Trinajstić information content (AvgIpc) is 2.90. The fourth-order valence-electron chi connectivity index (χ4n) is 2.57. The summed E-state index contributed by atoms with van der Waals surface area (Å²) in [7, 11) is 0. The number of nitrogens with zero attached hydrogens (tertiary/aromatic N) is 3. The van der Waals surface area contributed by atoms with Crippen LogP contribution in [0, 0.1) is 6.92 Å². The highest BCUT2D eigenvalue weighted by atomic mass is 16.5. The van der Waals surface area contributed by atoms with Crippen LogP contribution in [0.1, 0.15) is 34.9 Å². The normalized spacial score (nSPS) is 15.7. The van der Waals surface area contributed by atoms with Crippen LogP contribution in [0.2, 0.25) is 0 Å². The van der Waals surface area contributed by atoms with E-state index in [4.69, 9.17) is 4.74 Å². The molecule has 0 spiro atoms. The van der Waals surface area contributed by atoms with Crippen molar-refractivity contribution in [1.29, 1.82) is 0 Å². The molecule has 0 unspecified atom stereocenters. The molecule has 0 amide bonds. The third-order valence-corrected chi connectivity index (χ3v) is 3.80. The van der Waals surface area contributed by atoms with Crippen molar-refractivity contribution in [1.82, 2.24) is 14.8 Å². The Balaban J connectivity index is 1.84. The van der Waals surface area contributed by atoms with E-state index >= 15 is 0 Å². The number of carbonyl (C=O) groups is 1. The predicted molar refractivity (Wildman–Crippen MR) is 80.5 cm³/mol. The van der Waals surface area contributed by atoms with Crippen LogP contribution in [-0.2, 0) is 4.74 Å². The van der Waals surface area contributed by atoms with Crippen molar-refractivity contribution in [2.45, 2.75) is 25.8 Å². The van der Waals surface area contributed by atoms with Crippen molar-refractivity contribution in [2.24, 2.45) is 0 Å². The van der Waals surface area contributed by atoms with Crippen LogP contribution in [0.15, 0.2) is 24.7 Å². The van der Waals surface area contributed by atoms with Crippen molar-refractivity contribution < 1.29 is 14.6 Å². The maximum Gasteiger partial charge on any atom is 0.337 e. The Bertz CT molecular complexity index is 677. The number of anilines is 2. The number of ether oxygens (including phenoxy) is 1. The third kappa shape index (κ3) is 2.94. The minimum atomic E-state index is -0.987. The Morgan fingerprint density at radius 3 is 2.91 bits per heavy atom. The van der Waals surface area contributed by atoms with Gasteiger partial charge in [-0.1, -0.05) is 0 Å². The smallest absolute Gasteiger partial charge is 0.337 e. The van der Waals surface area contributed by atoms with Gasteiger partial charge in [-0.2, -0.15) is 5.10 Å². The van der Waals surface area contributed by atoms with Crippen molar-refractivity contribution in [3.05, 3.63) is 35.9 Å². The van der Waals surface area contributed by atoms with E-state index in [1.54, 1.807) is 0 Å². The lowest BCUT2D eigenvalue weighted by atomic mass is 10.1. The van der Waals surface area contributed by atoms with Crippen LogP contribution in [-0.4, -0.2) is 39.1 Å². The molecule has 0 saturated carbocycles. The topological polar surface area (TPSA) is 89.3 Å². The number of aromatic carboxylic acids is 1. The summed E-state index contributed by atoms with van der Waals surface area (Å²) in [6.07, 6.45) is 6.77. The van der Waals surface area contributed by atoms with Gasteiger partial charge in [0, 0.05) is 25.6 Å². The number of carboxylic acids is 1. The summed E-state index contributed by atoms with van der Waals surface area (Å²) < 4.78 is 7.31. The molecule has 3 rings (SSSR count). The number of hydrogen-bond donors (Lipinski definition) is 2. The molecule has 3 heterocycles. The molecule has 22 heavy (non-hydrogen) atoms.